The second kappa shape index (κ2) is 6.75. The van der Waals surface area contributed by atoms with Gasteiger partial charge in [-0.3, -0.25) is 4.79 Å². The Morgan fingerprint density at radius 3 is 2.37 bits per heavy atom. The fraction of sp³-hybridized carbons (Fsp3) is 0.250. The van der Waals surface area contributed by atoms with Crippen molar-refractivity contribution in [2.75, 3.05) is 13.2 Å². The lowest BCUT2D eigenvalue weighted by Gasteiger charge is -2.07. The number of esters is 2. The molecule has 0 atom stereocenters. The number of carbonyl (C=O) groups excluding carboxylic acids is 2. The molecule has 0 saturated carbocycles. The first-order valence-corrected chi connectivity index (χ1v) is 5.63. The van der Waals surface area contributed by atoms with Gasteiger partial charge in [-0.2, -0.15) is 0 Å². The highest BCUT2D eigenvalue weighted by atomic mass is 35.5. The summed E-state index contributed by atoms with van der Waals surface area (Å²) in [5.74, 6) is -2.60. The minimum atomic E-state index is -1.26. The maximum atomic E-state index is 11.7. The maximum absolute atomic E-state index is 11.7. The third-order valence-corrected chi connectivity index (χ3v) is 2.29. The van der Waals surface area contributed by atoms with Crippen LogP contribution < -0.4 is 0 Å². The van der Waals surface area contributed by atoms with Crippen LogP contribution in [0.5, 0.6) is 0 Å². The molecule has 1 aromatic carbocycles. The minimum absolute atomic E-state index is 0.0932. The second-order valence-electron chi connectivity index (χ2n) is 3.47. The number of aromatic carboxylic acids is 1. The van der Waals surface area contributed by atoms with Gasteiger partial charge < -0.3 is 14.6 Å². The van der Waals surface area contributed by atoms with E-state index in [0.717, 1.165) is 0 Å². The van der Waals surface area contributed by atoms with E-state index in [0.29, 0.717) is 0 Å². The molecule has 0 aromatic heterocycles. The second-order valence-corrected chi connectivity index (χ2v) is 3.91. The lowest BCUT2D eigenvalue weighted by molar-refractivity contribution is -0.142. The van der Waals surface area contributed by atoms with E-state index in [4.69, 9.17) is 21.4 Å². The largest absolute Gasteiger partial charge is 0.478 e. The summed E-state index contributed by atoms with van der Waals surface area (Å²) in [4.78, 5) is 33.1. The number of rotatable bonds is 5. The quantitative estimate of drug-likeness (QED) is 0.655. The molecule has 0 saturated heterocycles. The lowest BCUT2D eigenvalue weighted by atomic mass is 10.1. The van der Waals surface area contributed by atoms with Crippen molar-refractivity contribution >= 4 is 29.5 Å². The molecule has 1 rings (SSSR count). The number of halogens is 1. The Labute approximate surface area is 113 Å². The summed E-state index contributed by atoms with van der Waals surface area (Å²) in [7, 11) is 0. The summed E-state index contributed by atoms with van der Waals surface area (Å²) in [5.41, 5.74) is -0.357. The van der Waals surface area contributed by atoms with Crippen molar-refractivity contribution in [3.05, 3.63) is 34.3 Å². The van der Waals surface area contributed by atoms with Gasteiger partial charge in [0.05, 0.1) is 11.1 Å². The van der Waals surface area contributed by atoms with Crippen LogP contribution in [0.25, 0.3) is 0 Å². The van der Waals surface area contributed by atoms with Crippen molar-refractivity contribution in [1.29, 1.82) is 0 Å². The van der Waals surface area contributed by atoms with Crippen LogP contribution in [0.3, 0.4) is 0 Å². The van der Waals surface area contributed by atoms with Gasteiger partial charge in [0.25, 0.3) is 0 Å². The van der Waals surface area contributed by atoms with Gasteiger partial charge in [0.15, 0.2) is 0 Å². The van der Waals surface area contributed by atoms with Crippen LogP contribution in [0.1, 0.15) is 27.6 Å². The molecule has 0 unspecified atom stereocenters. The molecule has 0 spiro atoms. The number of benzene rings is 1. The zero-order valence-corrected chi connectivity index (χ0v) is 10.8. The molecular formula is C12H11ClO6. The van der Waals surface area contributed by atoms with Gasteiger partial charge in [-0.25, -0.2) is 9.59 Å². The van der Waals surface area contributed by atoms with Crippen molar-refractivity contribution in [3.63, 3.8) is 0 Å². The summed E-state index contributed by atoms with van der Waals surface area (Å²) >= 11 is 5.70. The molecule has 0 heterocycles. The van der Waals surface area contributed by atoms with Crippen LogP contribution in [0.4, 0.5) is 0 Å². The third-order valence-electron chi connectivity index (χ3n) is 2.05. The van der Waals surface area contributed by atoms with E-state index in [-0.39, 0.29) is 29.4 Å². The van der Waals surface area contributed by atoms with Gasteiger partial charge in [-0.1, -0.05) is 11.6 Å². The first-order valence-electron chi connectivity index (χ1n) is 5.25. The number of hydrogen-bond acceptors (Lipinski definition) is 5. The van der Waals surface area contributed by atoms with Crippen molar-refractivity contribution in [2.24, 2.45) is 0 Å². The van der Waals surface area contributed by atoms with E-state index >= 15 is 0 Å². The predicted molar refractivity (Wildman–Crippen MR) is 65.3 cm³/mol. The van der Waals surface area contributed by atoms with E-state index in [9.17, 15) is 14.4 Å². The Bertz CT molecular complexity index is 511. The summed E-state index contributed by atoms with van der Waals surface area (Å²) in [6.45, 7) is 0.968. The fourth-order valence-corrected chi connectivity index (χ4v) is 1.44. The van der Waals surface area contributed by atoms with Gasteiger partial charge in [0.2, 0.25) is 0 Å². The van der Waals surface area contributed by atoms with Crippen molar-refractivity contribution in [2.45, 2.75) is 6.92 Å². The van der Waals surface area contributed by atoms with Gasteiger partial charge in [-0.05, 0) is 18.2 Å². The Balaban J connectivity index is 2.73. The van der Waals surface area contributed by atoms with E-state index < -0.39 is 17.9 Å². The maximum Gasteiger partial charge on any atom is 0.339 e. The molecule has 102 valence electrons. The normalized spacial score (nSPS) is 9.79. The molecule has 0 bridgehead atoms. The minimum Gasteiger partial charge on any atom is -0.478 e. The zero-order chi connectivity index (χ0) is 14.4. The van der Waals surface area contributed by atoms with Gasteiger partial charge in [0.1, 0.15) is 13.2 Å². The molecule has 0 radical (unpaired) electrons. The SMILES string of the molecule is CC(=O)OCCOC(=O)c1cc(Cl)ccc1C(=O)O. The molecule has 19 heavy (non-hydrogen) atoms. The number of ether oxygens (including phenoxy) is 2. The topological polar surface area (TPSA) is 89.9 Å². The number of hydrogen-bond donors (Lipinski definition) is 1. The summed E-state index contributed by atoms with van der Waals surface area (Å²) in [6.07, 6.45) is 0. The van der Waals surface area contributed by atoms with Gasteiger partial charge in [0, 0.05) is 11.9 Å². The first-order chi connectivity index (χ1) is 8.91. The lowest BCUT2D eigenvalue weighted by Crippen LogP contribution is -2.15. The van der Waals surface area contributed by atoms with Crippen LogP contribution >= 0.6 is 11.6 Å². The molecule has 6 nitrogen and oxygen atoms in total. The highest BCUT2D eigenvalue weighted by Gasteiger charge is 2.18. The van der Waals surface area contributed by atoms with Gasteiger partial charge >= 0.3 is 17.9 Å². The standard InChI is InChI=1S/C12H11ClO6/c1-7(14)18-4-5-19-12(17)10-6-8(13)2-3-9(10)11(15)16/h2-3,6H,4-5H2,1H3,(H,15,16). The van der Waals surface area contributed by atoms with Crippen LogP contribution in [-0.4, -0.2) is 36.2 Å². The highest BCUT2D eigenvalue weighted by Crippen LogP contribution is 2.17. The molecular weight excluding hydrogens is 276 g/mol. The zero-order valence-electron chi connectivity index (χ0n) is 10.0. The molecule has 0 aliphatic carbocycles. The molecule has 0 aliphatic heterocycles. The van der Waals surface area contributed by atoms with E-state index in [1.54, 1.807) is 0 Å². The van der Waals surface area contributed by atoms with Crippen molar-refractivity contribution in [1.82, 2.24) is 0 Å². The van der Waals surface area contributed by atoms with E-state index in [1.807, 2.05) is 0 Å². The molecule has 1 aromatic rings. The van der Waals surface area contributed by atoms with Crippen molar-refractivity contribution < 1.29 is 29.0 Å². The first kappa shape index (κ1) is 15.0. The molecule has 0 aliphatic rings. The summed E-state index contributed by atoms with van der Waals surface area (Å²) in [5, 5.41) is 9.15. The van der Waals surface area contributed by atoms with Gasteiger partial charge in [-0.15, -0.1) is 0 Å². The van der Waals surface area contributed by atoms with E-state index in [1.165, 1.54) is 25.1 Å². The number of carboxylic acids is 1. The Kier molecular flexibility index (Phi) is 5.32. The third kappa shape index (κ3) is 4.59. The number of carbonyl (C=O) groups is 3. The monoisotopic (exact) mass is 286 g/mol. The molecule has 1 N–H and O–H groups in total. The summed E-state index contributed by atoms with van der Waals surface area (Å²) < 4.78 is 9.36. The Morgan fingerprint density at radius 2 is 1.79 bits per heavy atom. The predicted octanol–water partition coefficient (Wildman–Crippen LogP) is 1.76. The Morgan fingerprint density at radius 1 is 1.16 bits per heavy atom. The summed E-state index contributed by atoms with van der Waals surface area (Å²) in [6, 6.07) is 3.78. The smallest absolute Gasteiger partial charge is 0.339 e. The molecule has 0 amide bonds. The average Bonchev–Trinajstić information content (AvgIpc) is 2.33. The Hall–Kier alpha value is -2.08. The van der Waals surface area contributed by atoms with Crippen molar-refractivity contribution in [3.8, 4) is 0 Å². The number of carboxylic acid groups (broad SMARTS) is 1. The van der Waals surface area contributed by atoms with E-state index in [2.05, 4.69) is 4.74 Å². The molecule has 0 fully saturated rings. The molecule has 7 heteroatoms. The highest BCUT2D eigenvalue weighted by molar-refractivity contribution is 6.31. The fourth-order valence-electron chi connectivity index (χ4n) is 1.27. The van der Waals surface area contributed by atoms with Crippen LogP contribution in [0.15, 0.2) is 18.2 Å². The van der Waals surface area contributed by atoms with Crippen LogP contribution in [0.2, 0.25) is 5.02 Å². The van der Waals surface area contributed by atoms with Crippen LogP contribution in [0, 0.1) is 0 Å². The average molecular weight is 287 g/mol. The van der Waals surface area contributed by atoms with Crippen LogP contribution in [-0.2, 0) is 14.3 Å².